The van der Waals surface area contributed by atoms with Crippen molar-refractivity contribution in [2.45, 2.75) is 46.7 Å². The first kappa shape index (κ1) is 16.5. The Morgan fingerprint density at radius 1 is 1.23 bits per heavy atom. The highest BCUT2D eigenvalue weighted by molar-refractivity contribution is 5.71. The summed E-state index contributed by atoms with van der Waals surface area (Å²) in [6.07, 6.45) is 0.766. The number of fused-ring (bicyclic) bond motifs is 1. The average Bonchev–Trinajstić information content (AvgIpc) is 2.82. The molecule has 2 rings (SSSR count). The summed E-state index contributed by atoms with van der Waals surface area (Å²) in [5.74, 6) is 1.27. The Morgan fingerprint density at radius 2 is 1.86 bits per heavy atom. The van der Waals surface area contributed by atoms with Gasteiger partial charge in [0.25, 0.3) is 5.56 Å². The van der Waals surface area contributed by atoms with Crippen molar-refractivity contribution >= 4 is 11.2 Å². The summed E-state index contributed by atoms with van der Waals surface area (Å²) in [6, 6.07) is -0.343. The van der Waals surface area contributed by atoms with Crippen molar-refractivity contribution in [3.63, 3.8) is 0 Å². The lowest BCUT2D eigenvalue weighted by Crippen LogP contribution is -2.43. The Bertz CT molecular complexity index is 797. The fourth-order valence-electron chi connectivity index (χ4n) is 2.74. The monoisotopic (exact) mass is 307 g/mol. The second kappa shape index (κ2) is 6.08. The summed E-state index contributed by atoms with van der Waals surface area (Å²) in [7, 11) is 1.65. The molecule has 0 aliphatic heterocycles. The van der Waals surface area contributed by atoms with Crippen LogP contribution in [0.1, 0.15) is 39.6 Å². The van der Waals surface area contributed by atoms with Crippen LogP contribution in [0.15, 0.2) is 9.59 Å². The molecule has 0 spiro atoms. The second-order valence-electron chi connectivity index (χ2n) is 6.14. The number of aromatic nitrogens is 4. The fourth-order valence-corrected chi connectivity index (χ4v) is 2.74. The number of imidazole rings is 1. The molecule has 122 valence electrons. The summed E-state index contributed by atoms with van der Waals surface area (Å²) < 4.78 is 4.59. The average molecular weight is 307 g/mol. The minimum absolute atomic E-state index is 0.236. The zero-order valence-electron chi connectivity index (χ0n) is 14.0. The van der Waals surface area contributed by atoms with Gasteiger partial charge in [-0.1, -0.05) is 13.8 Å². The Morgan fingerprint density at radius 3 is 2.36 bits per heavy atom. The van der Waals surface area contributed by atoms with Gasteiger partial charge in [-0.3, -0.25) is 13.9 Å². The third-order valence-electron chi connectivity index (χ3n) is 3.95. The van der Waals surface area contributed by atoms with E-state index in [-0.39, 0.29) is 23.8 Å². The van der Waals surface area contributed by atoms with Gasteiger partial charge in [-0.05, 0) is 19.8 Å². The normalized spacial score (nSPS) is 13.2. The molecule has 2 heterocycles. The minimum Gasteiger partial charge on any atom is -0.328 e. The highest BCUT2D eigenvalue weighted by atomic mass is 16.2. The first-order valence-corrected chi connectivity index (χ1v) is 7.74. The molecule has 0 aromatic carbocycles. The van der Waals surface area contributed by atoms with Crippen LogP contribution in [0.25, 0.3) is 11.2 Å². The van der Waals surface area contributed by atoms with Crippen molar-refractivity contribution in [1.82, 2.24) is 18.7 Å². The lowest BCUT2D eigenvalue weighted by molar-refractivity contribution is 0.500. The van der Waals surface area contributed by atoms with Crippen LogP contribution in [0.2, 0.25) is 0 Å². The Hall–Kier alpha value is -1.89. The molecule has 7 heteroatoms. The van der Waals surface area contributed by atoms with E-state index in [1.807, 2.05) is 11.5 Å². The van der Waals surface area contributed by atoms with E-state index in [1.165, 1.54) is 9.13 Å². The van der Waals surface area contributed by atoms with Crippen LogP contribution in [-0.4, -0.2) is 25.2 Å². The lowest BCUT2D eigenvalue weighted by Gasteiger charge is -2.14. The van der Waals surface area contributed by atoms with Gasteiger partial charge in [-0.2, -0.15) is 0 Å². The Kier molecular flexibility index (Phi) is 4.55. The number of hydrogen-bond acceptors (Lipinski definition) is 4. The summed E-state index contributed by atoms with van der Waals surface area (Å²) in [5.41, 5.74) is 5.91. The van der Waals surface area contributed by atoms with Crippen LogP contribution in [0.3, 0.4) is 0 Å². The summed E-state index contributed by atoms with van der Waals surface area (Å²) in [4.78, 5) is 29.8. The molecule has 0 amide bonds. The predicted molar refractivity (Wildman–Crippen MR) is 87.2 cm³/mol. The summed E-state index contributed by atoms with van der Waals surface area (Å²) in [5, 5.41) is 0. The molecule has 2 aromatic rings. The number of aryl methyl sites for hydroxylation is 2. The van der Waals surface area contributed by atoms with Crippen molar-refractivity contribution in [2.24, 2.45) is 18.7 Å². The highest BCUT2D eigenvalue weighted by Crippen LogP contribution is 2.15. The van der Waals surface area contributed by atoms with Gasteiger partial charge in [0.1, 0.15) is 5.82 Å². The number of nitrogens with zero attached hydrogens (tertiary/aromatic N) is 4. The minimum atomic E-state index is -0.368. The molecule has 1 unspecified atom stereocenters. The fraction of sp³-hybridized carbons (Fsp3) is 0.667. The maximum atomic E-state index is 12.8. The van der Waals surface area contributed by atoms with Crippen LogP contribution >= 0.6 is 0 Å². The number of rotatable bonds is 5. The first-order valence-electron chi connectivity index (χ1n) is 7.74. The Labute approximate surface area is 129 Å². The molecule has 0 saturated heterocycles. The zero-order chi connectivity index (χ0) is 16.6. The van der Waals surface area contributed by atoms with Gasteiger partial charge in [0.2, 0.25) is 0 Å². The molecule has 2 aromatic heterocycles. The molecular weight excluding hydrogens is 282 g/mol. The molecule has 0 aliphatic carbocycles. The van der Waals surface area contributed by atoms with Gasteiger partial charge in [-0.25, -0.2) is 9.78 Å². The number of hydrogen-bond donors (Lipinski definition) is 1. The van der Waals surface area contributed by atoms with Crippen molar-refractivity contribution in [2.75, 3.05) is 6.54 Å². The molecule has 0 saturated carbocycles. The van der Waals surface area contributed by atoms with Gasteiger partial charge in [0.05, 0.1) is 6.04 Å². The van der Waals surface area contributed by atoms with Crippen LogP contribution in [0.5, 0.6) is 0 Å². The molecule has 0 aliphatic rings. The van der Waals surface area contributed by atoms with Crippen molar-refractivity contribution in [3.05, 3.63) is 26.7 Å². The van der Waals surface area contributed by atoms with E-state index in [2.05, 4.69) is 18.8 Å². The SMILES string of the molecule is CCn1c(CC(C)C)nc2c1c(=O)n(C(C)CN)c(=O)n2C. The quantitative estimate of drug-likeness (QED) is 0.878. The van der Waals surface area contributed by atoms with Crippen LogP contribution in [0.4, 0.5) is 0 Å². The maximum absolute atomic E-state index is 12.8. The molecule has 22 heavy (non-hydrogen) atoms. The van der Waals surface area contributed by atoms with Gasteiger partial charge in [0, 0.05) is 26.6 Å². The van der Waals surface area contributed by atoms with E-state index >= 15 is 0 Å². The van der Waals surface area contributed by atoms with E-state index in [0.29, 0.717) is 23.6 Å². The topological polar surface area (TPSA) is 87.8 Å². The van der Waals surface area contributed by atoms with Gasteiger partial charge in [0.15, 0.2) is 11.2 Å². The first-order chi connectivity index (χ1) is 10.3. The molecule has 0 radical (unpaired) electrons. The molecular formula is C15H25N5O2. The predicted octanol–water partition coefficient (Wildman–Crippen LogP) is 0.635. The summed E-state index contributed by atoms with van der Waals surface area (Å²) in [6.45, 7) is 8.84. The molecule has 7 nitrogen and oxygen atoms in total. The number of nitrogens with two attached hydrogens (primary N) is 1. The second-order valence-corrected chi connectivity index (χ2v) is 6.14. The Balaban J connectivity index is 2.90. The van der Waals surface area contributed by atoms with E-state index in [0.717, 1.165) is 12.2 Å². The van der Waals surface area contributed by atoms with Crippen LogP contribution < -0.4 is 17.0 Å². The highest BCUT2D eigenvalue weighted by Gasteiger charge is 2.21. The third-order valence-corrected chi connectivity index (χ3v) is 3.95. The molecule has 1 atom stereocenters. The third kappa shape index (κ3) is 2.49. The smallest absolute Gasteiger partial charge is 0.328 e. The maximum Gasteiger partial charge on any atom is 0.332 e. The van der Waals surface area contributed by atoms with E-state index in [4.69, 9.17) is 5.73 Å². The lowest BCUT2D eigenvalue weighted by atomic mass is 10.1. The van der Waals surface area contributed by atoms with Gasteiger partial charge < -0.3 is 10.3 Å². The van der Waals surface area contributed by atoms with E-state index in [9.17, 15) is 9.59 Å². The van der Waals surface area contributed by atoms with Crippen LogP contribution in [-0.2, 0) is 20.0 Å². The van der Waals surface area contributed by atoms with Gasteiger partial charge >= 0.3 is 5.69 Å². The van der Waals surface area contributed by atoms with E-state index in [1.54, 1.807) is 14.0 Å². The molecule has 0 bridgehead atoms. The standard InChI is InChI=1S/C15H25N5O2/c1-6-19-11(7-9(2)3)17-13-12(19)14(21)20(10(4)8-16)15(22)18(13)5/h9-10H,6-8,16H2,1-5H3. The zero-order valence-corrected chi connectivity index (χ0v) is 14.0. The van der Waals surface area contributed by atoms with E-state index < -0.39 is 0 Å². The van der Waals surface area contributed by atoms with Crippen molar-refractivity contribution in [1.29, 1.82) is 0 Å². The van der Waals surface area contributed by atoms with Gasteiger partial charge in [-0.15, -0.1) is 0 Å². The van der Waals surface area contributed by atoms with Crippen LogP contribution in [0, 0.1) is 5.92 Å². The summed E-state index contributed by atoms with van der Waals surface area (Å²) >= 11 is 0. The largest absolute Gasteiger partial charge is 0.332 e. The van der Waals surface area contributed by atoms with Crippen molar-refractivity contribution < 1.29 is 0 Å². The molecule has 0 fully saturated rings. The van der Waals surface area contributed by atoms with Crippen molar-refractivity contribution in [3.8, 4) is 0 Å². The molecule has 2 N–H and O–H groups in total.